The summed E-state index contributed by atoms with van der Waals surface area (Å²) >= 11 is 0. The molecule has 1 amide bonds. The lowest BCUT2D eigenvalue weighted by Crippen LogP contribution is -2.35. The lowest BCUT2D eigenvalue weighted by atomic mass is 9.98. The number of carbonyl (C=O) groups is 1. The van der Waals surface area contributed by atoms with Crippen LogP contribution in [0.5, 0.6) is 0 Å². The summed E-state index contributed by atoms with van der Waals surface area (Å²) in [6.45, 7) is 1.74. The molecular formula is C20H24N2O. The van der Waals surface area contributed by atoms with Gasteiger partial charge in [0.2, 0.25) is 5.91 Å². The first-order valence-corrected chi connectivity index (χ1v) is 8.43. The molecule has 2 N–H and O–H groups in total. The fourth-order valence-electron chi connectivity index (χ4n) is 3.13. The van der Waals surface area contributed by atoms with Gasteiger partial charge in [-0.3, -0.25) is 4.79 Å². The van der Waals surface area contributed by atoms with Crippen molar-refractivity contribution in [3.63, 3.8) is 0 Å². The molecule has 120 valence electrons. The van der Waals surface area contributed by atoms with Crippen LogP contribution in [0.25, 0.3) is 0 Å². The Morgan fingerprint density at radius 1 is 1.09 bits per heavy atom. The van der Waals surface area contributed by atoms with Crippen LogP contribution in [0.3, 0.4) is 0 Å². The van der Waals surface area contributed by atoms with Gasteiger partial charge in [-0.15, -0.1) is 0 Å². The second kappa shape index (κ2) is 7.93. The Labute approximate surface area is 138 Å². The van der Waals surface area contributed by atoms with Crippen LogP contribution >= 0.6 is 0 Å². The summed E-state index contributed by atoms with van der Waals surface area (Å²) in [6.07, 6.45) is 2.82. The van der Waals surface area contributed by atoms with Crippen LogP contribution in [0.4, 0.5) is 0 Å². The first-order valence-electron chi connectivity index (χ1n) is 8.43. The minimum Gasteiger partial charge on any atom is -0.349 e. The summed E-state index contributed by atoms with van der Waals surface area (Å²) in [4.78, 5) is 12.5. The molecule has 2 atom stereocenters. The lowest BCUT2D eigenvalue weighted by molar-refractivity contribution is -0.125. The first-order chi connectivity index (χ1) is 11.3. The average Bonchev–Trinajstić information content (AvgIpc) is 3.15. The molecule has 1 heterocycles. The summed E-state index contributed by atoms with van der Waals surface area (Å²) in [5.74, 6) is 0.287. The van der Waals surface area contributed by atoms with Crippen molar-refractivity contribution < 1.29 is 4.79 Å². The normalized spacial score (nSPS) is 18.5. The van der Waals surface area contributed by atoms with Gasteiger partial charge in [0.1, 0.15) is 0 Å². The average molecular weight is 308 g/mol. The Morgan fingerprint density at radius 2 is 1.78 bits per heavy atom. The third kappa shape index (κ3) is 4.42. The fraction of sp³-hybridized carbons (Fsp3) is 0.350. The second-order valence-corrected chi connectivity index (χ2v) is 6.19. The third-order valence-corrected chi connectivity index (χ3v) is 4.51. The summed E-state index contributed by atoms with van der Waals surface area (Å²) in [5, 5.41) is 6.53. The molecule has 0 radical (unpaired) electrons. The summed E-state index contributed by atoms with van der Waals surface area (Å²) in [6, 6.07) is 20.8. The monoisotopic (exact) mass is 308 g/mol. The van der Waals surface area contributed by atoms with E-state index in [0.717, 1.165) is 32.4 Å². The highest BCUT2D eigenvalue weighted by Crippen LogP contribution is 2.20. The Hall–Kier alpha value is -2.13. The van der Waals surface area contributed by atoms with Crippen LogP contribution in [-0.4, -0.2) is 19.0 Å². The molecule has 1 saturated heterocycles. The van der Waals surface area contributed by atoms with Crippen molar-refractivity contribution in [2.24, 2.45) is 5.92 Å². The molecule has 3 nitrogen and oxygen atoms in total. The molecule has 0 bridgehead atoms. The van der Waals surface area contributed by atoms with Crippen LogP contribution in [0, 0.1) is 5.92 Å². The molecule has 3 rings (SSSR count). The van der Waals surface area contributed by atoms with Crippen molar-refractivity contribution >= 4 is 5.91 Å². The maximum Gasteiger partial charge on any atom is 0.224 e. The van der Waals surface area contributed by atoms with Crippen LogP contribution in [0.1, 0.15) is 30.0 Å². The van der Waals surface area contributed by atoms with Crippen LogP contribution in [0.2, 0.25) is 0 Å². The van der Waals surface area contributed by atoms with E-state index in [2.05, 4.69) is 47.0 Å². The van der Waals surface area contributed by atoms with Gasteiger partial charge in [0.15, 0.2) is 0 Å². The molecule has 0 saturated carbocycles. The largest absolute Gasteiger partial charge is 0.349 e. The Kier molecular flexibility index (Phi) is 5.43. The van der Waals surface area contributed by atoms with E-state index in [9.17, 15) is 4.79 Å². The molecule has 2 aromatic carbocycles. The Balaban J connectivity index is 1.67. The van der Waals surface area contributed by atoms with E-state index in [-0.39, 0.29) is 17.9 Å². The van der Waals surface area contributed by atoms with E-state index in [1.54, 1.807) is 0 Å². The van der Waals surface area contributed by atoms with Gasteiger partial charge >= 0.3 is 0 Å². The van der Waals surface area contributed by atoms with Crippen molar-refractivity contribution in [2.45, 2.75) is 25.3 Å². The number of aryl methyl sites for hydroxylation is 1. The molecule has 2 aromatic rings. The molecule has 2 unspecified atom stereocenters. The van der Waals surface area contributed by atoms with Crippen molar-refractivity contribution in [3.8, 4) is 0 Å². The number of nitrogens with one attached hydrogen (secondary N) is 2. The standard InChI is InChI=1S/C20H24N2O/c23-20(18-13-14-21-15-18)22-19(17-9-5-2-6-10-17)12-11-16-7-3-1-4-8-16/h1-10,18-19,21H,11-15H2,(H,22,23). The van der Waals surface area contributed by atoms with Gasteiger partial charge < -0.3 is 10.6 Å². The highest BCUT2D eigenvalue weighted by atomic mass is 16.2. The Bertz CT molecular complexity index is 606. The van der Waals surface area contributed by atoms with Gasteiger partial charge in [-0.05, 0) is 36.9 Å². The van der Waals surface area contributed by atoms with E-state index in [1.807, 2.05) is 24.3 Å². The molecule has 1 aliphatic heterocycles. The number of amides is 1. The lowest BCUT2D eigenvalue weighted by Gasteiger charge is -2.21. The van der Waals surface area contributed by atoms with Gasteiger partial charge in [0.25, 0.3) is 0 Å². The van der Waals surface area contributed by atoms with Gasteiger partial charge in [0.05, 0.1) is 12.0 Å². The van der Waals surface area contributed by atoms with E-state index in [0.29, 0.717) is 0 Å². The highest BCUT2D eigenvalue weighted by molar-refractivity contribution is 5.79. The molecular weight excluding hydrogens is 284 g/mol. The van der Waals surface area contributed by atoms with E-state index in [1.165, 1.54) is 11.1 Å². The van der Waals surface area contributed by atoms with E-state index in [4.69, 9.17) is 0 Å². The zero-order valence-corrected chi connectivity index (χ0v) is 13.4. The summed E-state index contributed by atoms with van der Waals surface area (Å²) < 4.78 is 0. The van der Waals surface area contributed by atoms with Crippen molar-refractivity contribution in [1.29, 1.82) is 0 Å². The van der Waals surface area contributed by atoms with Crippen LogP contribution < -0.4 is 10.6 Å². The summed E-state index contributed by atoms with van der Waals surface area (Å²) in [5.41, 5.74) is 2.49. The second-order valence-electron chi connectivity index (χ2n) is 6.19. The zero-order chi connectivity index (χ0) is 15.9. The quantitative estimate of drug-likeness (QED) is 0.861. The summed E-state index contributed by atoms with van der Waals surface area (Å²) in [7, 11) is 0. The number of rotatable bonds is 6. The molecule has 1 fully saturated rings. The van der Waals surface area contributed by atoms with Crippen LogP contribution in [-0.2, 0) is 11.2 Å². The number of hydrogen-bond donors (Lipinski definition) is 2. The molecule has 1 aliphatic rings. The molecule has 0 aliphatic carbocycles. The van der Waals surface area contributed by atoms with Gasteiger partial charge in [0, 0.05) is 6.54 Å². The third-order valence-electron chi connectivity index (χ3n) is 4.51. The molecule has 0 spiro atoms. The Morgan fingerprint density at radius 3 is 2.43 bits per heavy atom. The maximum absolute atomic E-state index is 12.5. The fourth-order valence-corrected chi connectivity index (χ4v) is 3.13. The first kappa shape index (κ1) is 15.8. The maximum atomic E-state index is 12.5. The number of benzene rings is 2. The van der Waals surface area contributed by atoms with Crippen molar-refractivity contribution in [1.82, 2.24) is 10.6 Å². The minimum atomic E-state index is 0.0736. The molecule has 23 heavy (non-hydrogen) atoms. The predicted octanol–water partition coefficient (Wildman–Crippen LogP) is 3.09. The minimum absolute atomic E-state index is 0.0736. The van der Waals surface area contributed by atoms with Gasteiger partial charge in [-0.2, -0.15) is 0 Å². The van der Waals surface area contributed by atoms with E-state index < -0.39 is 0 Å². The molecule has 3 heteroatoms. The molecule has 0 aromatic heterocycles. The number of hydrogen-bond acceptors (Lipinski definition) is 2. The highest BCUT2D eigenvalue weighted by Gasteiger charge is 2.24. The predicted molar refractivity (Wildman–Crippen MR) is 93.1 cm³/mol. The topological polar surface area (TPSA) is 41.1 Å². The van der Waals surface area contributed by atoms with Gasteiger partial charge in [-0.25, -0.2) is 0 Å². The van der Waals surface area contributed by atoms with E-state index >= 15 is 0 Å². The van der Waals surface area contributed by atoms with Crippen molar-refractivity contribution in [3.05, 3.63) is 71.8 Å². The number of carbonyl (C=O) groups excluding carboxylic acids is 1. The van der Waals surface area contributed by atoms with Crippen molar-refractivity contribution in [2.75, 3.05) is 13.1 Å². The SMILES string of the molecule is O=C(NC(CCc1ccccc1)c1ccccc1)C1CCNC1. The zero-order valence-electron chi connectivity index (χ0n) is 13.4. The smallest absolute Gasteiger partial charge is 0.224 e. The van der Waals surface area contributed by atoms with Gasteiger partial charge in [-0.1, -0.05) is 60.7 Å². The van der Waals surface area contributed by atoms with Crippen LogP contribution in [0.15, 0.2) is 60.7 Å².